The summed E-state index contributed by atoms with van der Waals surface area (Å²) in [5.41, 5.74) is 8.97. The Kier molecular flexibility index (Phi) is 7.58. The van der Waals surface area contributed by atoms with Crippen LogP contribution in [0.3, 0.4) is 0 Å². The maximum Gasteiger partial charge on any atom is 0.0701 e. The van der Waals surface area contributed by atoms with E-state index in [0.29, 0.717) is 0 Å². The lowest BCUT2D eigenvalue weighted by atomic mass is 9.64. The summed E-state index contributed by atoms with van der Waals surface area (Å²) < 4.78 is 1.09. The van der Waals surface area contributed by atoms with Crippen LogP contribution in [0.4, 0.5) is 0 Å². The van der Waals surface area contributed by atoms with Crippen molar-refractivity contribution in [3.05, 3.63) is 140 Å². The largest absolute Gasteiger partial charge is 0.0701 e. The van der Waals surface area contributed by atoms with Crippen LogP contribution in [0.1, 0.15) is 101 Å². The van der Waals surface area contributed by atoms with Gasteiger partial charge in [-0.25, -0.2) is 0 Å². The van der Waals surface area contributed by atoms with E-state index >= 15 is 0 Å². The van der Waals surface area contributed by atoms with E-state index in [1.165, 1.54) is 38.9 Å². The zero-order chi connectivity index (χ0) is 27.9. The lowest BCUT2D eigenvalue weighted by Crippen LogP contribution is -2.31. The molecule has 38 heavy (non-hydrogen) atoms. The Balaban J connectivity index is 2.07. The highest BCUT2D eigenvalue weighted by molar-refractivity contribution is 9.10. The molecule has 198 valence electrons. The molecule has 0 heterocycles. The highest BCUT2D eigenvalue weighted by Crippen LogP contribution is 2.46. The lowest BCUT2D eigenvalue weighted by molar-refractivity contribution is 0.587. The van der Waals surface area contributed by atoms with Gasteiger partial charge >= 0.3 is 0 Å². The second-order valence-electron chi connectivity index (χ2n) is 13.7. The van der Waals surface area contributed by atoms with Crippen LogP contribution in [0.15, 0.2) is 102 Å². The predicted molar refractivity (Wildman–Crippen MR) is 169 cm³/mol. The Hall–Kier alpha value is -2.64. The van der Waals surface area contributed by atoms with Crippen LogP contribution in [0, 0.1) is 0 Å². The first-order chi connectivity index (χ1) is 17.6. The fourth-order valence-electron chi connectivity index (χ4n) is 5.36. The Labute approximate surface area is 239 Å². The van der Waals surface area contributed by atoms with E-state index in [4.69, 9.17) is 0 Å². The van der Waals surface area contributed by atoms with Gasteiger partial charge in [0.15, 0.2) is 0 Å². The molecule has 0 aliphatic heterocycles. The van der Waals surface area contributed by atoms with Gasteiger partial charge in [0.25, 0.3) is 0 Å². The number of rotatable bonds is 4. The van der Waals surface area contributed by atoms with Gasteiger partial charge in [0.1, 0.15) is 0 Å². The summed E-state index contributed by atoms with van der Waals surface area (Å²) in [5, 5.41) is 0. The van der Waals surface area contributed by atoms with Crippen LogP contribution < -0.4 is 0 Å². The molecule has 0 aliphatic carbocycles. The summed E-state index contributed by atoms with van der Waals surface area (Å²) in [6.45, 7) is 20.5. The van der Waals surface area contributed by atoms with Crippen LogP contribution in [0.5, 0.6) is 0 Å². The minimum absolute atomic E-state index is 0.0987. The van der Waals surface area contributed by atoms with E-state index in [-0.39, 0.29) is 16.2 Å². The molecule has 0 radical (unpaired) electrons. The molecule has 0 fully saturated rings. The average Bonchev–Trinajstić information content (AvgIpc) is 2.85. The van der Waals surface area contributed by atoms with Crippen LogP contribution in [-0.2, 0) is 21.7 Å². The van der Waals surface area contributed by atoms with Crippen molar-refractivity contribution < 1.29 is 0 Å². The van der Waals surface area contributed by atoms with Crippen molar-refractivity contribution in [2.45, 2.75) is 84.0 Å². The fourth-order valence-corrected chi connectivity index (χ4v) is 5.62. The third-order valence-electron chi connectivity index (χ3n) is 7.83. The molecule has 0 aromatic heterocycles. The maximum atomic E-state index is 3.68. The van der Waals surface area contributed by atoms with Crippen LogP contribution >= 0.6 is 15.9 Å². The smallest absolute Gasteiger partial charge is 0.0582 e. The summed E-state index contributed by atoms with van der Waals surface area (Å²) in [4.78, 5) is 0. The second kappa shape index (κ2) is 10.2. The molecular weight excluding hydrogens is 524 g/mol. The number of benzene rings is 4. The Morgan fingerprint density at radius 2 is 0.500 bits per heavy atom. The normalized spacial score (nSPS) is 13.0. The molecule has 0 aliphatic rings. The highest BCUT2D eigenvalue weighted by atomic mass is 79.9. The highest BCUT2D eigenvalue weighted by Gasteiger charge is 2.39. The topological polar surface area (TPSA) is 0 Å². The minimum Gasteiger partial charge on any atom is -0.0582 e. The minimum atomic E-state index is -0.454. The molecule has 0 N–H and O–H groups in total. The second-order valence-corrected chi connectivity index (χ2v) is 14.7. The van der Waals surface area contributed by atoms with Crippen molar-refractivity contribution >= 4 is 15.9 Å². The van der Waals surface area contributed by atoms with Crippen molar-refractivity contribution in [1.29, 1.82) is 0 Å². The van der Waals surface area contributed by atoms with Crippen LogP contribution in [0.2, 0.25) is 0 Å². The van der Waals surface area contributed by atoms with Gasteiger partial charge in [-0.2, -0.15) is 0 Å². The van der Waals surface area contributed by atoms with Gasteiger partial charge in [0, 0.05) is 4.47 Å². The molecule has 0 saturated carbocycles. The number of hydrogen-bond donors (Lipinski definition) is 0. The van der Waals surface area contributed by atoms with Gasteiger partial charge in [-0.05, 0) is 67.3 Å². The van der Waals surface area contributed by atoms with Gasteiger partial charge in [0.05, 0.1) is 5.41 Å². The molecule has 0 nitrogen and oxygen atoms in total. The molecule has 0 bridgehead atoms. The van der Waals surface area contributed by atoms with E-state index in [1.54, 1.807) is 0 Å². The van der Waals surface area contributed by atoms with E-state index < -0.39 is 5.41 Å². The third kappa shape index (κ3) is 5.55. The monoisotopic (exact) mass is 566 g/mol. The van der Waals surface area contributed by atoms with Crippen LogP contribution in [0.25, 0.3) is 0 Å². The molecule has 0 saturated heterocycles. The molecule has 4 rings (SSSR count). The van der Waals surface area contributed by atoms with Gasteiger partial charge in [-0.1, -0.05) is 163 Å². The van der Waals surface area contributed by atoms with Crippen molar-refractivity contribution in [3.63, 3.8) is 0 Å². The van der Waals surface area contributed by atoms with Gasteiger partial charge in [0.2, 0.25) is 0 Å². The van der Waals surface area contributed by atoms with Gasteiger partial charge in [-0.15, -0.1) is 0 Å². The van der Waals surface area contributed by atoms with Crippen molar-refractivity contribution in [1.82, 2.24) is 0 Å². The summed E-state index contributed by atoms with van der Waals surface area (Å²) in [5.74, 6) is 0. The van der Waals surface area contributed by atoms with Crippen molar-refractivity contribution in [2.24, 2.45) is 0 Å². The Bertz CT molecular complexity index is 1210. The third-order valence-corrected chi connectivity index (χ3v) is 8.36. The Morgan fingerprint density at radius 3 is 0.711 bits per heavy atom. The van der Waals surface area contributed by atoms with Gasteiger partial charge < -0.3 is 0 Å². The SMILES string of the molecule is CC(C)(C)c1ccc(C(c2ccc(Br)cc2)(c2ccc(C(C)(C)C)cc2)c2ccc(C(C)(C)C)cc2)cc1. The van der Waals surface area contributed by atoms with E-state index in [0.717, 1.165) is 4.47 Å². The first-order valence-corrected chi connectivity index (χ1v) is 14.5. The lowest BCUT2D eigenvalue weighted by Gasteiger charge is -2.38. The quantitative estimate of drug-likeness (QED) is 0.215. The zero-order valence-electron chi connectivity index (χ0n) is 24.6. The molecule has 4 aromatic carbocycles. The van der Waals surface area contributed by atoms with Gasteiger partial charge in [-0.3, -0.25) is 0 Å². The molecule has 0 atom stereocenters. The summed E-state index contributed by atoms with van der Waals surface area (Å²) in [6, 6.07) is 36.8. The zero-order valence-corrected chi connectivity index (χ0v) is 26.2. The first kappa shape index (κ1) is 28.4. The standard InChI is InChI=1S/C37H43Br/c1-34(2,3)26-10-16-29(17-11-26)37(32-22-24-33(38)25-23-32,30-18-12-27(13-19-30)35(4,5)6)31-20-14-28(15-21-31)36(7,8)9/h10-25H,1-9H3. The van der Waals surface area contributed by atoms with E-state index in [2.05, 4.69) is 175 Å². The average molecular weight is 568 g/mol. The van der Waals surface area contributed by atoms with Crippen molar-refractivity contribution in [2.75, 3.05) is 0 Å². The molecule has 1 heteroatoms. The fraction of sp³-hybridized carbons (Fsp3) is 0.351. The predicted octanol–water partition coefficient (Wildman–Crippen LogP) is 10.7. The maximum absolute atomic E-state index is 3.68. The van der Waals surface area contributed by atoms with E-state index in [9.17, 15) is 0 Å². The summed E-state index contributed by atoms with van der Waals surface area (Å²) in [6.07, 6.45) is 0. The molecule has 4 aromatic rings. The van der Waals surface area contributed by atoms with E-state index in [1.807, 2.05) is 0 Å². The number of hydrogen-bond acceptors (Lipinski definition) is 0. The summed E-state index contributed by atoms with van der Waals surface area (Å²) in [7, 11) is 0. The molecule has 0 unspecified atom stereocenters. The Morgan fingerprint density at radius 1 is 0.316 bits per heavy atom. The molecule has 0 amide bonds. The molecular formula is C37H43Br. The van der Waals surface area contributed by atoms with Crippen molar-refractivity contribution in [3.8, 4) is 0 Å². The summed E-state index contributed by atoms with van der Waals surface area (Å²) >= 11 is 3.68. The first-order valence-electron chi connectivity index (χ1n) is 13.7. The van der Waals surface area contributed by atoms with Crippen LogP contribution in [-0.4, -0.2) is 0 Å². The number of halogens is 1. The molecule has 0 spiro atoms.